The van der Waals surface area contributed by atoms with Crippen LogP contribution in [0.3, 0.4) is 0 Å². The fourth-order valence-electron chi connectivity index (χ4n) is 3.57. The third kappa shape index (κ3) is 4.24. The minimum Gasteiger partial charge on any atom is -0.481 e. The zero-order chi connectivity index (χ0) is 20.4. The lowest BCUT2D eigenvalue weighted by Gasteiger charge is -2.24. The van der Waals surface area contributed by atoms with Crippen LogP contribution in [0.5, 0.6) is 0 Å². The summed E-state index contributed by atoms with van der Waals surface area (Å²) in [5.74, 6) is -2.95. The Morgan fingerprint density at radius 3 is 2.34 bits per heavy atom. The first-order valence-electron chi connectivity index (χ1n) is 9.71. The number of hydrogen-bond acceptors (Lipinski definition) is 4. The molecule has 2 aliphatic rings. The molecule has 150 valence electrons. The second kappa shape index (κ2) is 8.21. The van der Waals surface area contributed by atoms with Gasteiger partial charge in [-0.05, 0) is 31.2 Å². The Hall–Kier alpha value is -2.93. The number of carbonyl (C=O) groups excluding carboxylic acids is 2. The average Bonchev–Trinajstić information content (AvgIpc) is 3.45. The van der Waals surface area contributed by atoms with Crippen molar-refractivity contribution < 1.29 is 19.5 Å². The highest BCUT2D eigenvalue weighted by Crippen LogP contribution is 2.37. The number of hydrogen-bond donors (Lipinski definition) is 3. The zero-order valence-electron chi connectivity index (χ0n) is 15.8. The maximum absolute atomic E-state index is 12.9. The van der Waals surface area contributed by atoms with Crippen LogP contribution in [0.25, 0.3) is 11.1 Å². The standard InChI is InChI=1S/C22H22N2O4S/c25-19(15-8-4-5-9-16(15)22(27)28)24-21-18(20(26)23-14-10-11-14)17(12-29-21)13-6-2-1-3-7-13/h1-7,12,14-16H,8-11H2,(H,23,26)(H,24,25)(H,27,28)/t15-,16+/m1/s1. The summed E-state index contributed by atoms with van der Waals surface area (Å²) in [5.41, 5.74) is 2.11. The van der Waals surface area contributed by atoms with E-state index in [1.54, 1.807) is 6.08 Å². The van der Waals surface area contributed by atoms with Crippen LogP contribution in [0.1, 0.15) is 36.0 Å². The summed E-state index contributed by atoms with van der Waals surface area (Å²) in [6.07, 6.45) is 6.29. The first-order chi connectivity index (χ1) is 14.0. The minimum atomic E-state index is -0.975. The van der Waals surface area contributed by atoms with Gasteiger partial charge in [-0.3, -0.25) is 14.4 Å². The Labute approximate surface area is 172 Å². The molecule has 29 heavy (non-hydrogen) atoms. The second-order valence-electron chi connectivity index (χ2n) is 7.45. The Morgan fingerprint density at radius 2 is 1.69 bits per heavy atom. The predicted octanol–water partition coefficient (Wildman–Crippen LogP) is 3.91. The van der Waals surface area contributed by atoms with Crippen molar-refractivity contribution in [2.75, 3.05) is 5.32 Å². The van der Waals surface area contributed by atoms with Crippen LogP contribution >= 0.6 is 11.3 Å². The third-order valence-electron chi connectivity index (χ3n) is 5.34. The van der Waals surface area contributed by atoms with Gasteiger partial charge < -0.3 is 15.7 Å². The highest BCUT2D eigenvalue weighted by atomic mass is 32.1. The van der Waals surface area contributed by atoms with E-state index in [0.29, 0.717) is 23.4 Å². The number of nitrogens with one attached hydrogen (secondary N) is 2. The third-order valence-corrected chi connectivity index (χ3v) is 6.23. The molecular weight excluding hydrogens is 388 g/mol. The number of aliphatic carboxylic acids is 1. The van der Waals surface area contributed by atoms with Crippen LogP contribution in [0, 0.1) is 11.8 Å². The average molecular weight is 410 g/mol. The van der Waals surface area contributed by atoms with Gasteiger partial charge in [0.15, 0.2) is 0 Å². The van der Waals surface area contributed by atoms with Gasteiger partial charge in [0.2, 0.25) is 5.91 Å². The van der Waals surface area contributed by atoms with Gasteiger partial charge in [0.05, 0.1) is 17.4 Å². The fraction of sp³-hybridized carbons (Fsp3) is 0.318. The molecule has 2 aromatic rings. The Morgan fingerprint density at radius 1 is 1.00 bits per heavy atom. The summed E-state index contributed by atoms with van der Waals surface area (Å²) in [4.78, 5) is 37.4. The number of benzene rings is 1. The van der Waals surface area contributed by atoms with Gasteiger partial charge >= 0.3 is 5.97 Å². The normalized spacial score (nSPS) is 20.8. The highest BCUT2D eigenvalue weighted by molar-refractivity contribution is 7.15. The molecule has 6 nitrogen and oxygen atoms in total. The number of amides is 2. The summed E-state index contributed by atoms with van der Waals surface area (Å²) < 4.78 is 0. The molecule has 2 amide bonds. The van der Waals surface area contributed by atoms with E-state index in [0.717, 1.165) is 24.0 Å². The van der Waals surface area contributed by atoms with Crippen LogP contribution in [-0.4, -0.2) is 28.9 Å². The molecule has 1 aromatic heterocycles. The molecule has 4 rings (SSSR count). The largest absolute Gasteiger partial charge is 0.481 e. The van der Waals surface area contributed by atoms with E-state index in [4.69, 9.17) is 0 Å². The van der Waals surface area contributed by atoms with Crippen LogP contribution in [0.4, 0.5) is 5.00 Å². The molecule has 0 spiro atoms. The molecule has 3 N–H and O–H groups in total. The molecule has 0 saturated heterocycles. The Kier molecular flexibility index (Phi) is 5.49. The van der Waals surface area contributed by atoms with Gasteiger partial charge in [-0.15, -0.1) is 11.3 Å². The molecule has 0 radical (unpaired) electrons. The van der Waals surface area contributed by atoms with E-state index in [1.807, 2.05) is 41.8 Å². The van der Waals surface area contributed by atoms with E-state index < -0.39 is 17.8 Å². The van der Waals surface area contributed by atoms with E-state index in [9.17, 15) is 19.5 Å². The molecule has 0 unspecified atom stereocenters. The molecule has 1 saturated carbocycles. The van der Waals surface area contributed by atoms with Crippen LogP contribution in [0.2, 0.25) is 0 Å². The molecule has 0 bridgehead atoms. The van der Waals surface area contributed by atoms with Crippen LogP contribution in [0.15, 0.2) is 47.9 Å². The van der Waals surface area contributed by atoms with Gasteiger partial charge in [-0.25, -0.2) is 0 Å². The first kappa shape index (κ1) is 19.4. The van der Waals surface area contributed by atoms with Gasteiger partial charge in [0.1, 0.15) is 5.00 Å². The number of anilines is 1. The molecule has 0 aliphatic heterocycles. The van der Waals surface area contributed by atoms with Gasteiger partial charge in [0.25, 0.3) is 5.91 Å². The van der Waals surface area contributed by atoms with Crippen molar-refractivity contribution in [3.8, 4) is 11.1 Å². The quantitative estimate of drug-likeness (QED) is 0.629. The number of carbonyl (C=O) groups is 3. The number of carboxylic acids is 1. The lowest BCUT2D eigenvalue weighted by atomic mass is 9.82. The number of carboxylic acid groups (broad SMARTS) is 1. The van der Waals surface area contributed by atoms with Gasteiger partial charge in [-0.1, -0.05) is 42.5 Å². The molecule has 2 aliphatic carbocycles. The molecule has 1 aromatic carbocycles. The van der Waals surface area contributed by atoms with Crippen molar-refractivity contribution in [2.45, 2.75) is 31.7 Å². The summed E-state index contributed by atoms with van der Waals surface area (Å²) in [6.45, 7) is 0. The smallest absolute Gasteiger partial charge is 0.307 e. The second-order valence-corrected chi connectivity index (χ2v) is 8.33. The lowest BCUT2D eigenvalue weighted by molar-refractivity contribution is -0.146. The topological polar surface area (TPSA) is 95.5 Å². The number of thiophene rings is 1. The van der Waals surface area contributed by atoms with Crippen molar-refractivity contribution in [2.24, 2.45) is 11.8 Å². The minimum absolute atomic E-state index is 0.189. The van der Waals surface area contributed by atoms with Crippen LogP contribution < -0.4 is 10.6 Å². The summed E-state index contributed by atoms with van der Waals surface area (Å²) >= 11 is 1.29. The van der Waals surface area contributed by atoms with Crippen molar-refractivity contribution in [3.05, 3.63) is 53.4 Å². The predicted molar refractivity (Wildman–Crippen MR) is 112 cm³/mol. The van der Waals surface area contributed by atoms with E-state index in [2.05, 4.69) is 10.6 Å². The molecule has 1 heterocycles. The molecule has 7 heteroatoms. The molecule has 1 fully saturated rings. The van der Waals surface area contributed by atoms with Crippen molar-refractivity contribution >= 4 is 34.1 Å². The van der Waals surface area contributed by atoms with E-state index in [-0.39, 0.29) is 17.9 Å². The van der Waals surface area contributed by atoms with Crippen LogP contribution in [-0.2, 0) is 9.59 Å². The van der Waals surface area contributed by atoms with Gasteiger partial charge in [-0.2, -0.15) is 0 Å². The molecular formula is C22H22N2O4S. The van der Waals surface area contributed by atoms with E-state index in [1.165, 1.54) is 11.3 Å². The number of allylic oxidation sites excluding steroid dienone is 2. The van der Waals surface area contributed by atoms with Crippen molar-refractivity contribution in [3.63, 3.8) is 0 Å². The SMILES string of the molecule is O=C(NC1CC1)c1c(-c2ccccc2)csc1NC(=O)[C@@H]1CC=CC[C@@H]1C(=O)O. The first-order valence-corrected chi connectivity index (χ1v) is 10.6. The fourth-order valence-corrected chi connectivity index (χ4v) is 4.54. The lowest BCUT2D eigenvalue weighted by Crippen LogP contribution is -2.35. The highest BCUT2D eigenvalue weighted by Gasteiger charge is 2.35. The summed E-state index contributed by atoms with van der Waals surface area (Å²) in [7, 11) is 0. The Bertz CT molecular complexity index is 962. The maximum Gasteiger partial charge on any atom is 0.307 e. The zero-order valence-corrected chi connectivity index (χ0v) is 16.6. The van der Waals surface area contributed by atoms with Gasteiger partial charge in [0, 0.05) is 17.0 Å². The van der Waals surface area contributed by atoms with E-state index >= 15 is 0 Å². The summed E-state index contributed by atoms with van der Waals surface area (Å²) in [5, 5.41) is 17.6. The summed E-state index contributed by atoms with van der Waals surface area (Å²) in [6, 6.07) is 9.75. The Balaban J connectivity index is 1.63. The molecule has 2 atom stereocenters. The monoisotopic (exact) mass is 410 g/mol. The number of rotatable bonds is 6. The van der Waals surface area contributed by atoms with Crippen molar-refractivity contribution in [1.29, 1.82) is 0 Å². The maximum atomic E-state index is 12.9. The van der Waals surface area contributed by atoms with Crippen molar-refractivity contribution in [1.82, 2.24) is 5.32 Å².